The van der Waals surface area contributed by atoms with Crippen LogP contribution in [0.1, 0.15) is 12.8 Å². The zero-order valence-electron chi connectivity index (χ0n) is 7.04. The van der Waals surface area contributed by atoms with Gasteiger partial charge in [-0.05, 0) is 0 Å². The lowest BCUT2D eigenvalue weighted by Gasteiger charge is -1.97. The molecule has 0 saturated carbocycles. The van der Waals surface area contributed by atoms with Crippen LogP contribution in [-0.4, -0.2) is 30.3 Å². The van der Waals surface area contributed by atoms with E-state index in [0.29, 0.717) is 12.8 Å². The second-order valence-electron chi connectivity index (χ2n) is 2.39. The molecule has 0 spiro atoms. The van der Waals surface area contributed by atoms with Crippen molar-refractivity contribution in [3.63, 3.8) is 0 Å². The average molecular weight is 249 g/mol. The van der Waals surface area contributed by atoms with E-state index in [-0.39, 0.29) is 11.8 Å². The van der Waals surface area contributed by atoms with E-state index in [9.17, 15) is 22.8 Å². The second kappa shape index (κ2) is 4.57. The third-order valence-electron chi connectivity index (χ3n) is 1.15. The van der Waals surface area contributed by atoms with Gasteiger partial charge in [-0.1, -0.05) is 0 Å². The smallest absolute Gasteiger partial charge is 0.296 e. The SMILES string of the molecule is O=C1CCC(=O)N1.O=S(=O)(O)C(F)(F)F. The summed E-state index contributed by atoms with van der Waals surface area (Å²) in [5.74, 6) is -0.296. The molecular weight excluding hydrogens is 243 g/mol. The van der Waals surface area contributed by atoms with Crippen LogP contribution < -0.4 is 5.32 Å². The number of amides is 2. The van der Waals surface area contributed by atoms with Gasteiger partial charge in [0.15, 0.2) is 0 Å². The Hall–Kier alpha value is -1.16. The third-order valence-corrected chi connectivity index (χ3v) is 1.74. The van der Waals surface area contributed by atoms with Crippen LogP contribution in [0.3, 0.4) is 0 Å². The average Bonchev–Trinajstić information content (AvgIpc) is 2.31. The lowest BCUT2D eigenvalue weighted by atomic mass is 10.4. The first kappa shape index (κ1) is 13.8. The van der Waals surface area contributed by atoms with Crippen LogP contribution in [0, 0.1) is 0 Å². The normalized spacial score (nSPS) is 16.8. The van der Waals surface area contributed by atoms with Gasteiger partial charge in [-0.15, -0.1) is 0 Å². The van der Waals surface area contributed by atoms with Gasteiger partial charge < -0.3 is 0 Å². The first-order chi connectivity index (χ1) is 6.54. The Morgan fingerprint density at radius 3 is 1.47 bits per heavy atom. The van der Waals surface area contributed by atoms with Crippen LogP contribution in [0.4, 0.5) is 13.2 Å². The molecule has 0 radical (unpaired) electrons. The second-order valence-corrected chi connectivity index (χ2v) is 3.81. The molecule has 0 unspecified atom stereocenters. The number of halogens is 3. The Morgan fingerprint density at radius 2 is 1.40 bits per heavy atom. The van der Waals surface area contributed by atoms with Crippen LogP contribution >= 0.6 is 0 Å². The van der Waals surface area contributed by atoms with Gasteiger partial charge in [0.2, 0.25) is 11.8 Å². The topological polar surface area (TPSA) is 101 Å². The molecule has 6 nitrogen and oxygen atoms in total. The lowest BCUT2D eigenvalue weighted by molar-refractivity contribution is -0.124. The monoisotopic (exact) mass is 249 g/mol. The highest BCUT2D eigenvalue weighted by molar-refractivity contribution is 7.86. The molecule has 0 aromatic rings. The number of alkyl halides is 3. The summed E-state index contributed by atoms with van der Waals surface area (Å²) in [5, 5.41) is 2.14. The molecule has 88 valence electrons. The number of hydrogen-bond acceptors (Lipinski definition) is 4. The van der Waals surface area contributed by atoms with Gasteiger partial charge in [-0.25, -0.2) is 0 Å². The maximum absolute atomic E-state index is 10.7. The molecule has 15 heavy (non-hydrogen) atoms. The Kier molecular flexibility index (Phi) is 4.22. The van der Waals surface area contributed by atoms with Crippen LogP contribution in [-0.2, 0) is 19.7 Å². The number of carbonyl (C=O) groups excluding carboxylic acids is 2. The molecule has 1 saturated heterocycles. The zero-order valence-corrected chi connectivity index (χ0v) is 7.85. The van der Waals surface area contributed by atoms with Crippen LogP contribution in [0.25, 0.3) is 0 Å². The summed E-state index contributed by atoms with van der Waals surface area (Å²) in [4.78, 5) is 20.2. The summed E-state index contributed by atoms with van der Waals surface area (Å²) < 4.78 is 57.5. The fraction of sp³-hybridized carbons (Fsp3) is 0.600. The Labute approximate surface area is 82.2 Å². The summed E-state index contributed by atoms with van der Waals surface area (Å²) in [5.41, 5.74) is -5.53. The van der Waals surface area contributed by atoms with Gasteiger partial charge in [-0.2, -0.15) is 21.6 Å². The van der Waals surface area contributed by atoms with E-state index in [1.54, 1.807) is 0 Å². The maximum atomic E-state index is 10.7. The minimum atomic E-state index is -5.84. The van der Waals surface area contributed by atoms with Crippen LogP contribution in [0.5, 0.6) is 0 Å². The molecule has 0 bridgehead atoms. The Morgan fingerprint density at radius 1 is 1.13 bits per heavy atom. The lowest BCUT2D eigenvalue weighted by Crippen LogP contribution is -2.21. The van der Waals surface area contributed by atoms with E-state index >= 15 is 0 Å². The molecule has 0 atom stereocenters. The number of imide groups is 1. The minimum absolute atomic E-state index is 0.148. The van der Waals surface area contributed by atoms with Gasteiger partial charge in [0.25, 0.3) is 0 Å². The fourth-order valence-electron chi connectivity index (χ4n) is 0.508. The summed E-state index contributed by atoms with van der Waals surface area (Å²) in [6, 6.07) is 0. The highest BCUT2D eigenvalue weighted by Crippen LogP contribution is 2.20. The molecule has 1 aliphatic heterocycles. The standard InChI is InChI=1S/C4H5NO2.CHF3O3S/c6-3-1-2-4(7)5-3;2-1(3,4)8(5,6)7/h1-2H2,(H,5,6,7);(H,5,6,7). The maximum Gasteiger partial charge on any atom is 0.522 e. The van der Waals surface area contributed by atoms with Crippen molar-refractivity contribution in [2.75, 3.05) is 0 Å². The van der Waals surface area contributed by atoms with Crippen molar-refractivity contribution in [1.29, 1.82) is 0 Å². The van der Waals surface area contributed by atoms with E-state index in [1.165, 1.54) is 0 Å². The first-order valence-corrected chi connectivity index (χ1v) is 4.84. The van der Waals surface area contributed by atoms with E-state index in [4.69, 9.17) is 13.0 Å². The Bertz CT molecular complexity index is 345. The van der Waals surface area contributed by atoms with E-state index in [1.807, 2.05) is 0 Å². The van der Waals surface area contributed by atoms with E-state index < -0.39 is 15.6 Å². The summed E-state index contributed by atoms with van der Waals surface area (Å²) in [6.45, 7) is 0. The molecule has 0 aromatic carbocycles. The molecule has 1 aliphatic rings. The van der Waals surface area contributed by atoms with Gasteiger partial charge >= 0.3 is 15.6 Å². The van der Waals surface area contributed by atoms with Crippen molar-refractivity contribution < 1.29 is 35.7 Å². The number of hydrogen-bond donors (Lipinski definition) is 2. The van der Waals surface area contributed by atoms with Crippen LogP contribution in [0.2, 0.25) is 0 Å². The van der Waals surface area contributed by atoms with Crippen molar-refractivity contribution in [2.45, 2.75) is 18.3 Å². The summed E-state index contributed by atoms with van der Waals surface area (Å²) in [6.07, 6.45) is 0.748. The van der Waals surface area contributed by atoms with Crippen molar-refractivity contribution in [3.05, 3.63) is 0 Å². The third kappa shape index (κ3) is 5.32. The van der Waals surface area contributed by atoms with Crippen molar-refractivity contribution in [3.8, 4) is 0 Å². The summed E-state index contributed by atoms with van der Waals surface area (Å²) >= 11 is 0. The minimum Gasteiger partial charge on any atom is -0.296 e. The van der Waals surface area contributed by atoms with E-state index in [2.05, 4.69) is 5.32 Å². The van der Waals surface area contributed by atoms with Crippen LogP contribution in [0.15, 0.2) is 0 Å². The van der Waals surface area contributed by atoms with Gasteiger partial charge in [0, 0.05) is 12.8 Å². The quantitative estimate of drug-likeness (QED) is 0.352. The number of carbonyl (C=O) groups is 2. The zero-order chi connectivity index (χ0) is 12.3. The first-order valence-electron chi connectivity index (χ1n) is 3.40. The molecule has 2 N–H and O–H groups in total. The summed E-state index contributed by atoms with van der Waals surface area (Å²) in [7, 11) is -5.84. The molecular formula is C5H6F3NO5S. The van der Waals surface area contributed by atoms with Crippen molar-refractivity contribution in [1.82, 2.24) is 5.32 Å². The molecule has 0 aliphatic carbocycles. The van der Waals surface area contributed by atoms with Crippen molar-refractivity contribution >= 4 is 21.9 Å². The van der Waals surface area contributed by atoms with Gasteiger partial charge in [0.1, 0.15) is 0 Å². The highest BCUT2D eigenvalue weighted by atomic mass is 32.2. The van der Waals surface area contributed by atoms with E-state index in [0.717, 1.165) is 0 Å². The predicted octanol–water partition coefficient (Wildman–Crippen LogP) is -0.183. The number of rotatable bonds is 0. The fourth-order valence-corrected chi connectivity index (χ4v) is 0.508. The molecule has 2 amide bonds. The molecule has 1 rings (SSSR count). The van der Waals surface area contributed by atoms with Crippen molar-refractivity contribution in [2.24, 2.45) is 0 Å². The highest BCUT2D eigenvalue weighted by Gasteiger charge is 2.44. The largest absolute Gasteiger partial charge is 0.522 e. The Balaban J connectivity index is 0.000000262. The predicted molar refractivity (Wildman–Crippen MR) is 40.0 cm³/mol. The van der Waals surface area contributed by atoms with Gasteiger partial charge in [0.05, 0.1) is 0 Å². The molecule has 10 heteroatoms. The number of nitrogens with one attached hydrogen (secondary N) is 1. The molecule has 1 heterocycles. The van der Waals surface area contributed by atoms with Gasteiger partial charge in [-0.3, -0.25) is 19.5 Å². The molecule has 0 aromatic heterocycles. The molecule has 1 fully saturated rings.